The quantitative estimate of drug-likeness (QED) is 0.627. The van der Waals surface area contributed by atoms with E-state index in [2.05, 4.69) is 10.3 Å². The third-order valence-electron chi connectivity index (χ3n) is 3.22. The van der Waals surface area contributed by atoms with E-state index in [1.165, 1.54) is 13.0 Å². The van der Waals surface area contributed by atoms with E-state index in [4.69, 9.17) is 0 Å². The third-order valence-corrected chi connectivity index (χ3v) is 4.27. The van der Waals surface area contributed by atoms with E-state index in [0.717, 1.165) is 24.0 Å². The summed E-state index contributed by atoms with van der Waals surface area (Å²) in [6.45, 7) is 3.04. The number of halogens is 3. The predicted molar refractivity (Wildman–Crippen MR) is 89.6 cm³/mol. The maximum absolute atomic E-state index is 12.5. The van der Waals surface area contributed by atoms with Gasteiger partial charge in [0.1, 0.15) is 0 Å². The van der Waals surface area contributed by atoms with Gasteiger partial charge in [-0.25, -0.2) is 4.98 Å². The molecule has 1 amide bonds. The Morgan fingerprint density at radius 2 is 1.76 bits per heavy atom. The molecule has 8 heteroatoms. The minimum absolute atomic E-state index is 0.180. The van der Waals surface area contributed by atoms with Gasteiger partial charge in [-0.2, -0.15) is 13.2 Å². The smallest absolute Gasteiger partial charge is 0.326 e. The molecule has 2 aromatic rings. The fourth-order valence-electron chi connectivity index (χ4n) is 2.01. The Morgan fingerprint density at radius 1 is 1.12 bits per heavy atom. The lowest BCUT2D eigenvalue weighted by Gasteiger charge is -2.11. The molecule has 0 aliphatic heterocycles. The standard InChI is InChI=1S/C17H15F3N2O2S/c1-10(25-15-8-5-13(9-21-15)17(18,19)20)16(24)12-3-6-14(7-4-12)22-11(2)23/h3-10H,1-2H3,(H,22,23). The van der Waals surface area contributed by atoms with Crippen molar-refractivity contribution in [2.24, 2.45) is 0 Å². The number of ketones is 1. The van der Waals surface area contributed by atoms with Crippen LogP contribution in [0.15, 0.2) is 47.6 Å². The second-order valence-corrected chi connectivity index (χ2v) is 6.63. The van der Waals surface area contributed by atoms with Gasteiger partial charge in [-0.15, -0.1) is 0 Å². The largest absolute Gasteiger partial charge is 0.417 e. The molecule has 1 atom stereocenters. The van der Waals surface area contributed by atoms with Crippen molar-refractivity contribution in [1.29, 1.82) is 0 Å². The zero-order valence-corrected chi connectivity index (χ0v) is 14.2. The zero-order chi connectivity index (χ0) is 18.6. The summed E-state index contributed by atoms with van der Waals surface area (Å²) in [6, 6.07) is 8.59. The molecule has 0 aliphatic rings. The van der Waals surface area contributed by atoms with Gasteiger partial charge in [0, 0.05) is 24.4 Å². The van der Waals surface area contributed by atoms with E-state index in [9.17, 15) is 22.8 Å². The molecular formula is C17H15F3N2O2S. The van der Waals surface area contributed by atoms with Gasteiger partial charge in [0.05, 0.1) is 15.8 Å². The molecule has 1 heterocycles. The monoisotopic (exact) mass is 368 g/mol. The van der Waals surface area contributed by atoms with Crippen LogP contribution in [0.4, 0.5) is 18.9 Å². The number of hydrogen-bond donors (Lipinski definition) is 1. The van der Waals surface area contributed by atoms with Crippen LogP contribution in [0.25, 0.3) is 0 Å². The average Bonchev–Trinajstić information content (AvgIpc) is 2.54. The van der Waals surface area contributed by atoms with Gasteiger partial charge in [-0.05, 0) is 43.3 Å². The zero-order valence-electron chi connectivity index (χ0n) is 13.4. The van der Waals surface area contributed by atoms with E-state index in [1.54, 1.807) is 31.2 Å². The summed E-state index contributed by atoms with van der Waals surface area (Å²) in [5.41, 5.74) is 0.194. The number of alkyl halides is 3. The van der Waals surface area contributed by atoms with Crippen molar-refractivity contribution >= 4 is 29.1 Å². The van der Waals surface area contributed by atoms with Crippen molar-refractivity contribution in [2.75, 3.05) is 5.32 Å². The van der Waals surface area contributed by atoms with Crippen LogP contribution in [-0.2, 0) is 11.0 Å². The van der Waals surface area contributed by atoms with E-state index >= 15 is 0 Å². The number of aromatic nitrogens is 1. The first kappa shape index (κ1) is 19.0. The van der Waals surface area contributed by atoms with Gasteiger partial charge in [0.15, 0.2) is 5.78 Å². The minimum Gasteiger partial charge on any atom is -0.326 e. The van der Waals surface area contributed by atoms with Crippen LogP contribution in [-0.4, -0.2) is 21.9 Å². The third kappa shape index (κ3) is 5.32. The van der Waals surface area contributed by atoms with Crippen LogP contribution in [0.2, 0.25) is 0 Å². The lowest BCUT2D eigenvalue weighted by atomic mass is 10.1. The van der Waals surface area contributed by atoms with Crippen molar-refractivity contribution in [3.63, 3.8) is 0 Å². The number of anilines is 1. The number of rotatable bonds is 5. The van der Waals surface area contributed by atoms with E-state index in [0.29, 0.717) is 16.3 Å². The number of thioether (sulfide) groups is 1. The van der Waals surface area contributed by atoms with Gasteiger partial charge in [-0.3, -0.25) is 9.59 Å². The summed E-state index contributed by atoms with van der Waals surface area (Å²) < 4.78 is 37.5. The topological polar surface area (TPSA) is 59.1 Å². The highest BCUT2D eigenvalue weighted by Gasteiger charge is 2.30. The van der Waals surface area contributed by atoms with Crippen LogP contribution in [0.3, 0.4) is 0 Å². The molecule has 132 valence electrons. The molecule has 25 heavy (non-hydrogen) atoms. The Morgan fingerprint density at radius 3 is 2.24 bits per heavy atom. The Bertz CT molecular complexity index is 759. The molecule has 0 radical (unpaired) electrons. The minimum atomic E-state index is -4.44. The van der Waals surface area contributed by atoms with Crippen molar-refractivity contribution in [1.82, 2.24) is 4.98 Å². The Balaban J connectivity index is 2.03. The summed E-state index contributed by atoms with van der Waals surface area (Å²) in [7, 11) is 0. The normalized spacial score (nSPS) is 12.5. The van der Waals surface area contributed by atoms with Crippen LogP contribution < -0.4 is 5.32 Å². The summed E-state index contributed by atoms with van der Waals surface area (Å²) in [5.74, 6) is -0.391. The summed E-state index contributed by atoms with van der Waals surface area (Å²) in [5, 5.41) is 2.42. The number of Topliss-reactive ketones (excluding diaryl/α,β-unsaturated/α-hetero) is 1. The lowest BCUT2D eigenvalue weighted by Crippen LogP contribution is -2.14. The molecule has 0 saturated carbocycles. The molecule has 1 unspecified atom stereocenters. The van der Waals surface area contributed by atoms with Gasteiger partial charge in [0.25, 0.3) is 0 Å². The maximum atomic E-state index is 12.5. The Hall–Kier alpha value is -2.35. The molecule has 0 fully saturated rings. The second-order valence-electron chi connectivity index (χ2n) is 5.27. The number of hydrogen-bond acceptors (Lipinski definition) is 4. The summed E-state index contributed by atoms with van der Waals surface area (Å²) >= 11 is 1.08. The summed E-state index contributed by atoms with van der Waals surface area (Å²) in [6.07, 6.45) is -3.69. The average molecular weight is 368 g/mol. The first-order valence-electron chi connectivity index (χ1n) is 7.28. The van der Waals surface area contributed by atoms with Gasteiger partial charge < -0.3 is 5.32 Å². The maximum Gasteiger partial charge on any atom is 0.417 e. The highest BCUT2D eigenvalue weighted by atomic mass is 32.2. The van der Waals surface area contributed by atoms with E-state index in [1.807, 2.05) is 0 Å². The van der Waals surface area contributed by atoms with E-state index in [-0.39, 0.29) is 11.7 Å². The molecular weight excluding hydrogens is 353 g/mol. The second kappa shape index (κ2) is 7.69. The van der Waals surface area contributed by atoms with Crippen molar-refractivity contribution in [3.05, 3.63) is 53.7 Å². The van der Waals surface area contributed by atoms with Gasteiger partial charge in [0.2, 0.25) is 5.91 Å². The van der Waals surface area contributed by atoms with Crippen molar-refractivity contribution < 1.29 is 22.8 Å². The van der Waals surface area contributed by atoms with Crippen molar-refractivity contribution in [3.8, 4) is 0 Å². The Labute approximate surface area is 146 Å². The molecule has 1 aromatic carbocycles. The SMILES string of the molecule is CC(=O)Nc1ccc(C(=O)C(C)Sc2ccc(C(F)(F)F)cn2)cc1. The van der Waals surface area contributed by atoms with Crippen LogP contribution in [0, 0.1) is 0 Å². The fourth-order valence-corrected chi connectivity index (χ4v) is 2.87. The fraction of sp³-hybridized carbons (Fsp3) is 0.235. The first-order valence-corrected chi connectivity index (χ1v) is 8.16. The highest BCUT2D eigenvalue weighted by molar-refractivity contribution is 8.00. The summed E-state index contributed by atoms with van der Waals surface area (Å²) in [4.78, 5) is 27.1. The van der Waals surface area contributed by atoms with Crippen LogP contribution in [0.5, 0.6) is 0 Å². The van der Waals surface area contributed by atoms with Gasteiger partial charge >= 0.3 is 6.18 Å². The van der Waals surface area contributed by atoms with E-state index < -0.39 is 17.0 Å². The molecule has 1 aromatic heterocycles. The molecule has 0 saturated heterocycles. The number of pyridine rings is 1. The number of amides is 1. The Kier molecular flexibility index (Phi) is 5.84. The molecule has 0 bridgehead atoms. The number of benzene rings is 1. The van der Waals surface area contributed by atoms with Gasteiger partial charge in [-0.1, -0.05) is 11.8 Å². The predicted octanol–water partition coefficient (Wildman–Crippen LogP) is 4.42. The number of nitrogens with zero attached hydrogens (tertiary/aromatic N) is 1. The number of carbonyl (C=O) groups is 2. The molecule has 4 nitrogen and oxygen atoms in total. The molecule has 2 rings (SSSR count). The molecule has 0 spiro atoms. The van der Waals surface area contributed by atoms with Crippen LogP contribution in [0.1, 0.15) is 29.8 Å². The highest BCUT2D eigenvalue weighted by Crippen LogP contribution is 2.31. The number of carbonyl (C=O) groups excluding carboxylic acids is 2. The number of nitrogens with one attached hydrogen (secondary N) is 1. The molecule has 0 aliphatic carbocycles. The van der Waals surface area contributed by atoms with Crippen molar-refractivity contribution in [2.45, 2.75) is 30.3 Å². The first-order chi connectivity index (χ1) is 11.7. The lowest BCUT2D eigenvalue weighted by molar-refractivity contribution is -0.137. The molecule has 1 N–H and O–H groups in total. The van der Waals surface area contributed by atoms with Crippen LogP contribution >= 0.6 is 11.8 Å².